The number of hydrogen-bond acceptors (Lipinski definition) is 3. The van der Waals surface area contributed by atoms with Crippen LogP contribution < -0.4 is 5.32 Å². The molecule has 2 N–H and O–H groups in total. The molecule has 0 bridgehead atoms. The fraction of sp³-hybridized carbons (Fsp3) is 0.333. The predicted molar refractivity (Wildman–Crippen MR) is 83.1 cm³/mol. The van der Waals surface area contributed by atoms with E-state index in [2.05, 4.69) is 5.32 Å². The van der Waals surface area contributed by atoms with Gasteiger partial charge in [-0.3, -0.25) is 0 Å². The van der Waals surface area contributed by atoms with Gasteiger partial charge in [-0.1, -0.05) is 42.5 Å². The first kappa shape index (κ1) is 15.2. The van der Waals surface area contributed by atoms with Crippen LogP contribution in [0.2, 0.25) is 0 Å². The molecule has 116 valence electrons. The Balaban J connectivity index is 1.81. The second-order valence-corrected chi connectivity index (χ2v) is 5.80. The maximum atomic E-state index is 13.2. The quantitative estimate of drug-likeness (QED) is 0.892. The molecular weight excluding hydrogens is 281 g/mol. The van der Waals surface area contributed by atoms with Gasteiger partial charge in [0.05, 0.1) is 12.6 Å². The highest BCUT2D eigenvalue weighted by Gasteiger charge is 2.32. The highest BCUT2D eigenvalue weighted by atomic mass is 19.1. The second-order valence-electron chi connectivity index (χ2n) is 5.80. The summed E-state index contributed by atoms with van der Waals surface area (Å²) in [5, 5.41) is 13.8. The van der Waals surface area contributed by atoms with Crippen molar-refractivity contribution in [1.29, 1.82) is 0 Å². The van der Waals surface area contributed by atoms with Gasteiger partial charge in [-0.05, 0) is 23.3 Å². The number of hydrogen-bond donors (Lipinski definition) is 2. The van der Waals surface area contributed by atoms with Crippen LogP contribution in [0.25, 0.3) is 0 Å². The Morgan fingerprint density at radius 3 is 2.41 bits per heavy atom. The van der Waals surface area contributed by atoms with E-state index in [1.807, 2.05) is 30.3 Å². The molecule has 0 saturated carbocycles. The van der Waals surface area contributed by atoms with Crippen molar-refractivity contribution < 1.29 is 14.2 Å². The van der Waals surface area contributed by atoms with Gasteiger partial charge >= 0.3 is 0 Å². The molecule has 1 saturated heterocycles. The summed E-state index contributed by atoms with van der Waals surface area (Å²) in [5.74, 6) is -0.251. The zero-order chi connectivity index (χ0) is 15.4. The molecule has 2 aromatic carbocycles. The van der Waals surface area contributed by atoms with E-state index in [1.54, 1.807) is 12.1 Å². The summed E-state index contributed by atoms with van der Waals surface area (Å²) >= 11 is 0. The molecule has 2 atom stereocenters. The molecule has 3 rings (SSSR count). The molecule has 0 radical (unpaired) electrons. The fourth-order valence-electron chi connectivity index (χ4n) is 2.76. The Morgan fingerprint density at radius 1 is 1.09 bits per heavy atom. The van der Waals surface area contributed by atoms with Crippen LogP contribution >= 0.6 is 0 Å². The Labute approximate surface area is 129 Å². The van der Waals surface area contributed by atoms with Gasteiger partial charge in [-0.2, -0.15) is 0 Å². The molecule has 0 spiro atoms. The summed E-state index contributed by atoms with van der Waals surface area (Å²) in [7, 11) is 0. The SMILES string of the molecule is O[C@@]1(CN[C@@H](c2ccccc2)c2ccc(F)cc2)CCOC1. The Hall–Kier alpha value is -1.75. The van der Waals surface area contributed by atoms with Crippen LogP contribution in [0.1, 0.15) is 23.6 Å². The summed E-state index contributed by atoms with van der Waals surface area (Å²) in [6, 6.07) is 16.3. The zero-order valence-corrected chi connectivity index (χ0v) is 12.3. The lowest BCUT2D eigenvalue weighted by Gasteiger charge is -2.26. The summed E-state index contributed by atoms with van der Waals surface area (Å²) in [6.07, 6.45) is 0.630. The lowest BCUT2D eigenvalue weighted by atomic mass is 9.96. The van der Waals surface area contributed by atoms with Gasteiger partial charge in [0.1, 0.15) is 11.4 Å². The third kappa shape index (κ3) is 3.53. The Bertz CT molecular complexity index is 594. The molecule has 0 aromatic heterocycles. The van der Waals surface area contributed by atoms with Gasteiger partial charge in [0.2, 0.25) is 0 Å². The Kier molecular flexibility index (Phi) is 4.52. The monoisotopic (exact) mass is 301 g/mol. The van der Waals surface area contributed by atoms with Crippen molar-refractivity contribution in [3.8, 4) is 0 Å². The number of aliphatic hydroxyl groups is 1. The minimum atomic E-state index is -0.826. The predicted octanol–water partition coefficient (Wildman–Crippen LogP) is 2.66. The third-order valence-corrected chi connectivity index (χ3v) is 4.05. The number of ether oxygens (including phenoxy) is 1. The van der Waals surface area contributed by atoms with Crippen molar-refractivity contribution >= 4 is 0 Å². The summed E-state index contributed by atoms with van der Waals surface area (Å²) < 4.78 is 18.4. The van der Waals surface area contributed by atoms with Gasteiger partial charge < -0.3 is 15.2 Å². The molecule has 3 nitrogen and oxygen atoms in total. The largest absolute Gasteiger partial charge is 0.386 e. The maximum Gasteiger partial charge on any atom is 0.123 e. The van der Waals surface area contributed by atoms with E-state index in [0.29, 0.717) is 26.2 Å². The van der Waals surface area contributed by atoms with Crippen LogP contribution in [-0.2, 0) is 4.74 Å². The van der Waals surface area contributed by atoms with Crippen molar-refractivity contribution in [2.24, 2.45) is 0 Å². The van der Waals surface area contributed by atoms with Crippen LogP contribution in [0.4, 0.5) is 4.39 Å². The van der Waals surface area contributed by atoms with Crippen LogP contribution in [0, 0.1) is 5.82 Å². The normalized spacial score (nSPS) is 22.6. The molecule has 1 fully saturated rings. The second kappa shape index (κ2) is 6.57. The van der Waals surface area contributed by atoms with Crippen molar-refractivity contribution in [2.75, 3.05) is 19.8 Å². The molecule has 0 aliphatic carbocycles. The van der Waals surface area contributed by atoms with Crippen molar-refractivity contribution in [3.05, 3.63) is 71.5 Å². The lowest BCUT2D eigenvalue weighted by Crippen LogP contribution is -2.42. The van der Waals surface area contributed by atoms with E-state index >= 15 is 0 Å². The highest BCUT2D eigenvalue weighted by molar-refractivity contribution is 5.31. The van der Waals surface area contributed by atoms with Gasteiger partial charge in [0, 0.05) is 19.6 Å². The third-order valence-electron chi connectivity index (χ3n) is 4.05. The van der Waals surface area contributed by atoms with Gasteiger partial charge in [-0.25, -0.2) is 4.39 Å². The van der Waals surface area contributed by atoms with Crippen molar-refractivity contribution in [2.45, 2.75) is 18.1 Å². The molecular formula is C18H20FNO2. The summed E-state index contributed by atoms with van der Waals surface area (Å²) in [6.45, 7) is 1.37. The van der Waals surface area contributed by atoms with E-state index in [-0.39, 0.29) is 11.9 Å². The number of benzene rings is 2. The molecule has 1 aliphatic rings. The summed E-state index contributed by atoms with van der Waals surface area (Å²) in [4.78, 5) is 0. The Morgan fingerprint density at radius 2 is 1.77 bits per heavy atom. The van der Waals surface area contributed by atoms with E-state index in [1.165, 1.54) is 12.1 Å². The van der Waals surface area contributed by atoms with Gasteiger partial charge in [0.15, 0.2) is 0 Å². The number of halogens is 1. The molecule has 1 aliphatic heterocycles. The minimum Gasteiger partial charge on any atom is -0.386 e. The molecule has 4 heteroatoms. The van der Waals surface area contributed by atoms with Crippen LogP contribution in [-0.4, -0.2) is 30.5 Å². The van der Waals surface area contributed by atoms with Crippen LogP contribution in [0.15, 0.2) is 54.6 Å². The number of rotatable bonds is 5. The standard InChI is InChI=1S/C18H20FNO2/c19-16-8-6-15(7-9-16)17(14-4-2-1-3-5-14)20-12-18(21)10-11-22-13-18/h1-9,17,20-21H,10-13H2/t17-,18+/m0/s1. The van der Waals surface area contributed by atoms with Gasteiger partial charge in [-0.15, -0.1) is 0 Å². The topological polar surface area (TPSA) is 41.5 Å². The minimum absolute atomic E-state index is 0.0913. The maximum absolute atomic E-state index is 13.2. The smallest absolute Gasteiger partial charge is 0.123 e. The van der Waals surface area contributed by atoms with Crippen LogP contribution in [0.5, 0.6) is 0 Å². The first-order chi connectivity index (χ1) is 10.7. The molecule has 1 heterocycles. The van der Waals surface area contributed by atoms with Crippen molar-refractivity contribution in [1.82, 2.24) is 5.32 Å². The fourth-order valence-corrected chi connectivity index (χ4v) is 2.76. The average Bonchev–Trinajstić information content (AvgIpc) is 2.97. The zero-order valence-electron chi connectivity index (χ0n) is 12.3. The molecule has 22 heavy (non-hydrogen) atoms. The van der Waals surface area contributed by atoms with Crippen molar-refractivity contribution in [3.63, 3.8) is 0 Å². The van der Waals surface area contributed by atoms with Gasteiger partial charge in [0.25, 0.3) is 0 Å². The van der Waals surface area contributed by atoms with E-state index in [4.69, 9.17) is 4.74 Å². The highest BCUT2D eigenvalue weighted by Crippen LogP contribution is 2.24. The van der Waals surface area contributed by atoms with E-state index in [9.17, 15) is 9.50 Å². The average molecular weight is 301 g/mol. The van der Waals surface area contributed by atoms with E-state index in [0.717, 1.165) is 11.1 Å². The lowest BCUT2D eigenvalue weighted by molar-refractivity contribution is 0.0257. The molecule has 0 unspecified atom stereocenters. The first-order valence-electron chi connectivity index (χ1n) is 7.50. The first-order valence-corrected chi connectivity index (χ1v) is 7.50. The molecule has 2 aromatic rings. The van der Waals surface area contributed by atoms with E-state index < -0.39 is 5.60 Å². The number of nitrogens with one attached hydrogen (secondary N) is 1. The molecule has 0 amide bonds. The van der Waals surface area contributed by atoms with Crippen LogP contribution in [0.3, 0.4) is 0 Å². The summed E-state index contributed by atoms with van der Waals surface area (Å²) in [5.41, 5.74) is 1.22.